The number of benzene rings is 7. The SMILES string of the molecule is CC1(n2c3ccccc3c3c4ccc5c6ccccc6n(-c6ccccc6)c5c4ccc32)C=CC(c2cccc3c2oc2ccccc23)=CC1. The molecule has 0 saturated carbocycles. The van der Waals surface area contributed by atoms with Gasteiger partial charge in [0.2, 0.25) is 0 Å². The summed E-state index contributed by atoms with van der Waals surface area (Å²) in [6.07, 6.45) is 7.96. The molecule has 0 saturated heterocycles. The maximum atomic E-state index is 6.42. The second kappa shape index (κ2) is 10.1. The molecule has 3 nitrogen and oxygen atoms in total. The van der Waals surface area contributed by atoms with Crippen molar-refractivity contribution >= 4 is 81.9 Å². The number of furan rings is 1. The number of nitrogens with zero attached hydrogens (tertiary/aromatic N) is 2. The molecule has 236 valence electrons. The Morgan fingerprint density at radius 1 is 0.540 bits per heavy atom. The van der Waals surface area contributed by atoms with Gasteiger partial charge in [0.25, 0.3) is 0 Å². The van der Waals surface area contributed by atoms with Crippen LogP contribution in [0.3, 0.4) is 0 Å². The van der Waals surface area contributed by atoms with E-state index in [4.69, 9.17) is 4.42 Å². The lowest BCUT2D eigenvalue weighted by Crippen LogP contribution is -2.28. The van der Waals surface area contributed by atoms with Crippen molar-refractivity contribution in [2.45, 2.75) is 18.9 Å². The van der Waals surface area contributed by atoms with Gasteiger partial charge in [-0.2, -0.15) is 0 Å². The van der Waals surface area contributed by atoms with Crippen molar-refractivity contribution in [2.75, 3.05) is 0 Å². The fraction of sp³-hybridized carbons (Fsp3) is 0.0638. The molecule has 3 aromatic heterocycles. The number of rotatable bonds is 3. The van der Waals surface area contributed by atoms with Crippen LogP contribution in [-0.2, 0) is 5.54 Å². The summed E-state index contributed by atoms with van der Waals surface area (Å²) in [4.78, 5) is 0. The number of fused-ring (bicyclic) bond motifs is 12. The van der Waals surface area contributed by atoms with Crippen LogP contribution in [0, 0.1) is 0 Å². The third kappa shape index (κ3) is 3.69. The number of hydrogen-bond donors (Lipinski definition) is 0. The number of allylic oxidation sites excluding steroid dienone is 4. The van der Waals surface area contributed by atoms with Gasteiger partial charge in [0.1, 0.15) is 11.2 Å². The van der Waals surface area contributed by atoms with E-state index in [0.717, 1.165) is 33.9 Å². The van der Waals surface area contributed by atoms with E-state index in [9.17, 15) is 0 Å². The molecular formula is C47H32N2O. The van der Waals surface area contributed by atoms with Crippen LogP contribution in [0.1, 0.15) is 18.9 Å². The minimum atomic E-state index is -0.261. The highest BCUT2D eigenvalue weighted by molar-refractivity contribution is 6.27. The summed E-state index contributed by atoms with van der Waals surface area (Å²) < 4.78 is 11.4. The van der Waals surface area contributed by atoms with Crippen molar-refractivity contribution in [2.24, 2.45) is 0 Å². The van der Waals surface area contributed by atoms with Gasteiger partial charge in [0.15, 0.2) is 0 Å². The molecule has 1 unspecified atom stereocenters. The Balaban J connectivity index is 1.12. The third-order valence-corrected chi connectivity index (χ3v) is 11.1. The predicted octanol–water partition coefficient (Wildman–Crippen LogP) is 12.7. The van der Waals surface area contributed by atoms with E-state index < -0.39 is 0 Å². The molecule has 50 heavy (non-hydrogen) atoms. The van der Waals surface area contributed by atoms with Gasteiger partial charge >= 0.3 is 0 Å². The van der Waals surface area contributed by atoms with Crippen LogP contribution in [0.4, 0.5) is 0 Å². The lowest BCUT2D eigenvalue weighted by Gasteiger charge is -2.32. The van der Waals surface area contributed by atoms with Gasteiger partial charge in [-0.1, -0.05) is 127 Å². The highest BCUT2D eigenvalue weighted by Crippen LogP contribution is 2.45. The zero-order valence-corrected chi connectivity index (χ0v) is 27.6. The molecule has 0 bridgehead atoms. The minimum Gasteiger partial charge on any atom is -0.455 e. The second-order valence-electron chi connectivity index (χ2n) is 13.9. The monoisotopic (exact) mass is 640 g/mol. The lowest BCUT2D eigenvalue weighted by molar-refractivity contribution is 0.438. The zero-order chi connectivity index (χ0) is 33.0. The minimum absolute atomic E-state index is 0.261. The summed E-state index contributed by atoms with van der Waals surface area (Å²) in [6.45, 7) is 2.37. The number of hydrogen-bond acceptors (Lipinski definition) is 1. The van der Waals surface area contributed by atoms with E-state index >= 15 is 0 Å². The van der Waals surface area contributed by atoms with E-state index in [1.165, 1.54) is 65.6 Å². The van der Waals surface area contributed by atoms with Gasteiger partial charge in [0.05, 0.1) is 22.1 Å². The summed E-state index contributed by atoms with van der Waals surface area (Å²) in [7, 11) is 0. The van der Waals surface area contributed by atoms with Crippen molar-refractivity contribution in [1.29, 1.82) is 0 Å². The van der Waals surface area contributed by atoms with Crippen LogP contribution in [0.5, 0.6) is 0 Å². The summed E-state index contributed by atoms with van der Waals surface area (Å²) in [6, 6.07) is 52.7. The first-order chi connectivity index (χ1) is 24.7. The topological polar surface area (TPSA) is 23.0 Å². The summed E-state index contributed by atoms with van der Waals surface area (Å²) >= 11 is 0. The highest BCUT2D eigenvalue weighted by Gasteiger charge is 2.30. The smallest absolute Gasteiger partial charge is 0.143 e. The molecule has 11 rings (SSSR count). The van der Waals surface area contributed by atoms with E-state index in [0.29, 0.717) is 0 Å². The Kier molecular flexibility index (Phi) is 5.58. The van der Waals surface area contributed by atoms with Crippen LogP contribution in [-0.4, -0.2) is 9.13 Å². The predicted molar refractivity (Wildman–Crippen MR) is 210 cm³/mol. The average Bonchev–Trinajstić information content (AvgIpc) is 3.84. The molecule has 1 aliphatic carbocycles. The van der Waals surface area contributed by atoms with Crippen LogP contribution < -0.4 is 0 Å². The van der Waals surface area contributed by atoms with Crippen molar-refractivity contribution in [3.05, 3.63) is 169 Å². The van der Waals surface area contributed by atoms with Gasteiger partial charge < -0.3 is 13.6 Å². The Hall–Kier alpha value is -6.32. The molecule has 1 aliphatic rings. The van der Waals surface area contributed by atoms with Gasteiger partial charge in [-0.15, -0.1) is 0 Å². The normalized spacial score (nSPS) is 16.5. The molecule has 0 radical (unpaired) electrons. The first-order valence-electron chi connectivity index (χ1n) is 17.4. The van der Waals surface area contributed by atoms with Crippen molar-refractivity contribution in [3.63, 3.8) is 0 Å². The number of aromatic nitrogens is 2. The van der Waals surface area contributed by atoms with Crippen LogP contribution in [0.25, 0.3) is 87.6 Å². The van der Waals surface area contributed by atoms with E-state index in [1.807, 2.05) is 6.07 Å². The molecule has 1 atom stereocenters. The maximum absolute atomic E-state index is 6.42. The first kappa shape index (κ1) is 27.6. The van der Waals surface area contributed by atoms with Crippen molar-refractivity contribution in [1.82, 2.24) is 9.13 Å². The van der Waals surface area contributed by atoms with Gasteiger partial charge in [-0.25, -0.2) is 0 Å². The van der Waals surface area contributed by atoms with Crippen LogP contribution in [0.15, 0.2) is 168 Å². The molecule has 10 aromatic rings. The van der Waals surface area contributed by atoms with Crippen LogP contribution in [0.2, 0.25) is 0 Å². The molecule has 0 amide bonds. The number of para-hydroxylation sites is 5. The van der Waals surface area contributed by atoms with Gasteiger partial charge in [-0.05, 0) is 60.7 Å². The van der Waals surface area contributed by atoms with Crippen molar-refractivity contribution < 1.29 is 4.42 Å². The first-order valence-corrected chi connectivity index (χ1v) is 17.4. The van der Waals surface area contributed by atoms with Gasteiger partial charge in [0, 0.05) is 54.5 Å². The molecule has 3 heterocycles. The quantitative estimate of drug-likeness (QED) is 0.188. The van der Waals surface area contributed by atoms with Crippen LogP contribution >= 0.6 is 0 Å². The maximum Gasteiger partial charge on any atom is 0.143 e. The molecule has 0 fully saturated rings. The molecule has 0 spiro atoms. The standard InChI is InChI=1S/C47H32N2O/c1-47(28-26-30(27-29-47)32-17-11-18-38-34-15-7-10-21-43(34)50-46(32)38)49-41-20-9-6-16-39(41)44-35-22-23-36-33-14-5-8-19-40(33)48(31-12-3-2-4-13-31)45(36)37(35)24-25-42(44)49/h2-28H,29H2,1H3. The Morgan fingerprint density at radius 3 is 2.06 bits per heavy atom. The second-order valence-corrected chi connectivity index (χ2v) is 13.9. The fourth-order valence-corrected chi connectivity index (χ4v) is 8.79. The third-order valence-electron chi connectivity index (χ3n) is 11.1. The molecular weight excluding hydrogens is 609 g/mol. The van der Waals surface area contributed by atoms with Crippen molar-refractivity contribution in [3.8, 4) is 5.69 Å². The molecule has 0 N–H and O–H groups in total. The van der Waals surface area contributed by atoms with E-state index in [1.54, 1.807) is 0 Å². The molecule has 3 heteroatoms. The Morgan fingerprint density at radius 2 is 1.22 bits per heavy atom. The molecule has 0 aliphatic heterocycles. The summed E-state index contributed by atoms with van der Waals surface area (Å²) in [5.41, 5.74) is 10.1. The lowest BCUT2D eigenvalue weighted by atomic mass is 9.87. The molecule has 7 aromatic carbocycles. The zero-order valence-electron chi connectivity index (χ0n) is 27.6. The average molecular weight is 641 g/mol. The van der Waals surface area contributed by atoms with E-state index in [-0.39, 0.29) is 5.54 Å². The Bertz CT molecular complexity index is 3080. The largest absolute Gasteiger partial charge is 0.455 e. The highest BCUT2D eigenvalue weighted by atomic mass is 16.3. The fourth-order valence-electron chi connectivity index (χ4n) is 8.79. The Labute approximate surface area is 288 Å². The van der Waals surface area contributed by atoms with E-state index in [2.05, 4.69) is 174 Å². The van der Waals surface area contributed by atoms with Gasteiger partial charge in [-0.3, -0.25) is 0 Å². The summed E-state index contributed by atoms with van der Waals surface area (Å²) in [5, 5.41) is 10.0. The summed E-state index contributed by atoms with van der Waals surface area (Å²) in [5.74, 6) is 0.